The summed E-state index contributed by atoms with van der Waals surface area (Å²) in [7, 11) is -3.46. The lowest BCUT2D eigenvalue weighted by Crippen LogP contribution is -2.45. The van der Waals surface area contributed by atoms with Crippen LogP contribution in [0.3, 0.4) is 0 Å². The van der Waals surface area contributed by atoms with E-state index in [0.717, 1.165) is 24.4 Å². The minimum absolute atomic E-state index is 0.147. The van der Waals surface area contributed by atoms with E-state index in [9.17, 15) is 8.42 Å². The molecule has 3 N–H and O–H groups in total. The van der Waals surface area contributed by atoms with Gasteiger partial charge in [0.15, 0.2) is 0 Å². The van der Waals surface area contributed by atoms with Crippen molar-refractivity contribution >= 4 is 27.0 Å². The molecular weight excluding hydrogens is 286 g/mol. The van der Waals surface area contributed by atoms with Crippen molar-refractivity contribution in [2.45, 2.75) is 17.2 Å². The summed E-state index contributed by atoms with van der Waals surface area (Å²) in [6.45, 7) is 5.66. The van der Waals surface area contributed by atoms with Crippen LogP contribution >= 0.6 is 11.3 Å². The molecule has 1 aromatic rings. The lowest BCUT2D eigenvalue weighted by atomic mass is 10.3. The van der Waals surface area contributed by atoms with Crippen LogP contribution in [0.2, 0.25) is 0 Å². The minimum atomic E-state index is -3.46. The molecule has 19 heavy (non-hydrogen) atoms. The van der Waals surface area contributed by atoms with E-state index in [2.05, 4.69) is 9.62 Å². The molecule has 1 aliphatic heterocycles. The maximum Gasteiger partial charge on any atom is 0.250 e. The molecule has 0 bridgehead atoms. The molecule has 0 amide bonds. The average Bonchev–Trinajstić information content (AvgIpc) is 2.77. The van der Waals surface area contributed by atoms with Crippen LogP contribution in [0.5, 0.6) is 0 Å². The highest BCUT2D eigenvalue weighted by atomic mass is 32.2. The Morgan fingerprint density at radius 2 is 2.21 bits per heavy atom. The van der Waals surface area contributed by atoms with E-state index < -0.39 is 10.0 Å². The van der Waals surface area contributed by atoms with Crippen molar-refractivity contribution in [2.75, 3.05) is 38.6 Å². The first-order chi connectivity index (χ1) is 8.97. The molecule has 1 aromatic heterocycles. The van der Waals surface area contributed by atoms with Crippen LogP contribution in [0.4, 0.5) is 5.69 Å². The van der Waals surface area contributed by atoms with Crippen molar-refractivity contribution in [3.8, 4) is 0 Å². The highest BCUT2D eigenvalue weighted by Crippen LogP contribution is 2.21. The van der Waals surface area contributed by atoms with Crippen molar-refractivity contribution in [1.29, 1.82) is 0 Å². The Bertz CT molecular complexity index is 509. The molecule has 2 rings (SSSR count). The van der Waals surface area contributed by atoms with Gasteiger partial charge in [-0.3, -0.25) is 4.90 Å². The molecule has 1 aliphatic rings. The second-order valence-corrected chi connectivity index (χ2v) is 7.49. The molecule has 0 spiro atoms. The Hall–Kier alpha value is -0.670. The van der Waals surface area contributed by atoms with Gasteiger partial charge in [-0.25, -0.2) is 13.1 Å². The number of sulfonamides is 1. The maximum absolute atomic E-state index is 12.1. The van der Waals surface area contributed by atoms with E-state index >= 15 is 0 Å². The lowest BCUT2D eigenvalue weighted by Gasteiger charge is -2.29. The number of thiophene rings is 1. The van der Waals surface area contributed by atoms with Crippen molar-refractivity contribution in [3.05, 3.63) is 11.4 Å². The standard InChI is InChI=1S/C11H19N3O3S2/c1-9(7-14-2-4-17-5-3-14)13-19(15,16)11-6-10(12)8-18-11/h6,8-9,13H,2-5,7,12H2,1H3. The maximum atomic E-state index is 12.1. The van der Waals surface area contributed by atoms with Crippen LogP contribution in [0.15, 0.2) is 15.7 Å². The third kappa shape index (κ3) is 4.15. The molecule has 1 saturated heterocycles. The zero-order valence-corrected chi connectivity index (χ0v) is 12.5. The van der Waals surface area contributed by atoms with Gasteiger partial charge in [-0.2, -0.15) is 0 Å². The van der Waals surface area contributed by atoms with Crippen molar-refractivity contribution in [1.82, 2.24) is 9.62 Å². The van der Waals surface area contributed by atoms with Gasteiger partial charge in [0, 0.05) is 36.7 Å². The second kappa shape index (κ2) is 6.19. The van der Waals surface area contributed by atoms with Crippen LogP contribution < -0.4 is 10.5 Å². The van der Waals surface area contributed by atoms with Gasteiger partial charge in [0.2, 0.25) is 10.0 Å². The van der Waals surface area contributed by atoms with E-state index in [1.54, 1.807) is 5.38 Å². The third-order valence-electron chi connectivity index (χ3n) is 2.85. The van der Waals surface area contributed by atoms with Crippen LogP contribution in [0, 0.1) is 0 Å². The van der Waals surface area contributed by atoms with Crippen molar-refractivity contribution in [2.24, 2.45) is 0 Å². The number of anilines is 1. The van der Waals surface area contributed by atoms with Gasteiger partial charge in [0.05, 0.1) is 13.2 Å². The van der Waals surface area contributed by atoms with Gasteiger partial charge < -0.3 is 10.5 Å². The molecule has 0 aromatic carbocycles. The van der Waals surface area contributed by atoms with Crippen LogP contribution in [-0.4, -0.2) is 52.2 Å². The second-order valence-electron chi connectivity index (χ2n) is 4.63. The number of ether oxygens (including phenoxy) is 1. The summed E-state index contributed by atoms with van der Waals surface area (Å²) in [6, 6.07) is 1.33. The zero-order valence-electron chi connectivity index (χ0n) is 10.8. The first kappa shape index (κ1) is 14.7. The Morgan fingerprint density at radius 3 is 2.79 bits per heavy atom. The molecule has 0 radical (unpaired) electrons. The molecular formula is C11H19N3O3S2. The van der Waals surface area contributed by atoms with E-state index in [1.807, 2.05) is 6.92 Å². The smallest absolute Gasteiger partial charge is 0.250 e. The van der Waals surface area contributed by atoms with E-state index in [-0.39, 0.29) is 10.3 Å². The fourth-order valence-corrected chi connectivity index (χ4v) is 4.33. The predicted molar refractivity (Wildman–Crippen MR) is 75.8 cm³/mol. The Balaban J connectivity index is 1.92. The summed E-state index contributed by atoms with van der Waals surface area (Å²) < 4.78 is 32.4. The zero-order chi connectivity index (χ0) is 13.9. The summed E-state index contributed by atoms with van der Waals surface area (Å²) in [6.07, 6.45) is 0. The van der Waals surface area contributed by atoms with Gasteiger partial charge >= 0.3 is 0 Å². The highest BCUT2D eigenvalue weighted by Gasteiger charge is 2.21. The summed E-state index contributed by atoms with van der Waals surface area (Å²) in [5.41, 5.74) is 6.03. The number of nitrogens with two attached hydrogens (primary N) is 1. The normalized spacial score (nSPS) is 19.4. The van der Waals surface area contributed by atoms with Crippen molar-refractivity contribution < 1.29 is 13.2 Å². The average molecular weight is 305 g/mol. The van der Waals surface area contributed by atoms with E-state index in [0.29, 0.717) is 25.4 Å². The molecule has 1 atom stereocenters. The quantitative estimate of drug-likeness (QED) is 0.819. The fourth-order valence-electron chi connectivity index (χ4n) is 2.00. The number of rotatable bonds is 5. The number of nitrogens with zero attached hydrogens (tertiary/aromatic N) is 1. The summed E-state index contributed by atoms with van der Waals surface area (Å²) in [5.74, 6) is 0. The van der Waals surface area contributed by atoms with E-state index in [1.165, 1.54) is 6.07 Å². The molecule has 108 valence electrons. The minimum Gasteiger partial charge on any atom is -0.398 e. The van der Waals surface area contributed by atoms with Crippen molar-refractivity contribution in [3.63, 3.8) is 0 Å². The SMILES string of the molecule is CC(CN1CCOCC1)NS(=O)(=O)c1cc(N)cs1. The molecule has 8 heteroatoms. The van der Waals surface area contributed by atoms with Crippen LogP contribution in [0.1, 0.15) is 6.92 Å². The topological polar surface area (TPSA) is 84.7 Å². The Morgan fingerprint density at radius 1 is 1.53 bits per heavy atom. The molecule has 1 unspecified atom stereocenters. The third-order valence-corrected chi connectivity index (χ3v) is 5.90. The van der Waals surface area contributed by atoms with Gasteiger partial charge in [-0.15, -0.1) is 11.3 Å². The number of nitrogens with one attached hydrogen (secondary N) is 1. The first-order valence-corrected chi connectivity index (χ1v) is 8.50. The Kier molecular flexibility index (Phi) is 4.80. The van der Waals surface area contributed by atoms with Crippen LogP contribution in [0.25, 0.3) is 0 Å². The van der Waals surface area contributed by atoms with Gasteiger partial charge in [-0.05, 0) is 13.0 Å². The summed E-state index contributed by atoms with van der Waals surface area (Å²) >= 11 is 1.14. The fraction of sp³-hybridized carbons (Fsp3) is 0.636. The molecule has 1 fully saturated rings. The van der Waals surface area contributed by atoms with Gasteiger partial charge in [-0.1, -0.05) is 0 Å². The van der Waals surface area contributed by atoms with Gasteiger partial charge in [0.1, 0.15) is 4.21 Å². The summed E-state index contributed by atoms with van der Waals surface area (Å²) in [4.78, 5) is 2.19. The monoisotopic (exact) mass is 305 g/mol. The molecule has 2 heterocycles. The van der Waals surface area contributed by atoms with Gasteiger partial charge in [0.25, 0.3) is 0 Å². The van der Waals surface area contributed by atoms with E-state index in [4.69, 9.17) is 10.5 Å². The molecule has 0 aliphatic carbocycles. The number of nitrogen functional groups attached to an aromatic ring is 1. The Labute approximate surface area is 117 Å². The first-order valence-electron chi connectivity index (χ1n) is 6.14. The lowest BCUT2D eigenvalue weighted by molar-refractivity contribution is 0.0354. The predicted octanol–water partition coefficient (Wildman–Crippen LogP) is 0.329. The number of morpholine rings is 1. The molecule has 0 saturated carbocycles. The largest absolute Gasteiger partial charge is 0.398 e. The number of hydrogen-bond donors (Lipinski definition) is 2. The van der Waals surface area contributed by atoms with Crippen LogP contribution in [-0.2, 0) is 14.8 Å². The number of hydrogen-bond acceptors (Lipinski definition) is 6. The molecule has 6 nitrogen and oxygen atoms in total. The summed E-state index contributed by atoms with van der Waals surface area (Å²) in [5, 5.41) is 1.63. The highest BCUT2D eigenvalue weighted by molar-refractivity contribution is 7.91.